The fraction of sp³-hybridized carbons (Fsp3) is 0.667. The Labute approximate surface area is 169 Å². The Morgan fingerprint density at radius 2 is 1.93 bits per heavy atom. The van der Waals surface area contributed by atoms with Crippen molar-refractivity contribution < 1.29 is 14.2 Å². The van der Waals surface area contributed by atoms with Gasteiger partial charge in [-0.1, -0.05) is 12.1 Å². The van der Waals surface area contributed by atoms with Gasteiger partial charge in [-0.25, -0.2) is 4.99 Å². The summed E-state index contributed by atoms with van der Waals surface area (Å²) in [4.78, 5) is 7.16. The molecule has 1 aliphatic rings. The molecule has 0 radical (unpaired) electrons. The lowest BCUT2D eigenvalue weighted by Gasteiger charge is -2.22. The van der Waals surface area contributed by atoms with Gasteiger partial charge in [-0.2, -0.15) is 0 Å². The predicted octanol–water partition coefficient (Wildman–Crippen LogP) is 2.13. The Hall–Kier alpha value is -1.99. The molecular weight excluding hydrogens is 356 g/mol. The van der Waals surface area contributed by atoms with Gasteiger partial charge in [-0.3, -0.25) is 4.90 Å². The van der Waals surface area contributed by atoms with Crippen LogP contribution in [-0.4, -0.2) is 76.6 Å². The first-order valence-electron chi connectivity index (χ1n) is 10.2. The molecule has 0 heterocycles. The zero-order valence-corrected chi connectivity index (χ0v) is 17.7. The second-order valence-corrected chi connectivity index (χ2v) is 6.99. The highest BCUT2D eigenvalue weighted by molar-refractivity contribution is 5.79. The van der Waals surface area contributed by atoms with Crippen LogP contribution in [0.3, 0.4) is 0 Å². The van der Waals surface area contributed by atoms with Gasteiger partial charge in [0.1, 0.15) is 6.10 Å². The third-order valence-electron chi connectivity index (χ3n) is 4.59. The number of ether oxygens (including phenoxy) is 3. The van der Waals surface area contributed by atoms with E-state index in [1.165, 1.54) is 12.8 Å². The topological polar surface area (TPSA) is 67.4 Å². The van der Waals surface area contributed by atoms with E-state index in [1.807, 2.05) is 31.2 Å². The molecule has 0 bridgehead atoms. The summed E-state index contributed by atoms with van der Waals surface area (Å²) in [6, 6.07) is 8.40. The van der Waals surface area contributed by atoms with Crippen LogP contribution in [0.4, 0.5) is 0 Å². The number of hydrogen-bond donors (Lipinski definition) is 2. The van der Waals surface area contributed by atoms with Crippen molar-refractivity contribution >= 4 is 5.96 Å². The number of methoxy groups -OCH3 is 2. The van der Waals surface area contributed by atoms with E-state index >= 15 is 0 Å². The molecule has 1 fully saturated rings. The maximum Gasteiger partial charge on any atom is 0.191 e. The monoisotopic (exact) mass is 392 g/mol. The third kappa shape index (κ3) is 7.94. The maximum atomic E-state index is 5.98. The summed E-state index contributed by atoms with van der Waals surface area (Å²) in [7, 11) is 3.41. The van der Waals surface area contributed by atoms with Gasteiger partial charge in [0.05, 0.1) is 20.3 Å². The van der Waals surface area contributed by atoms with E-state index in [4.69, 9.17) is 14.2 Å². The largest absolute Gasteiger partial charge is 0.493 e. The number of benzene rings is 1. The van der Waals surface area contributed by atoms with Crippen LogP contribution in [0, 0.1) is 0 Å². The summed E-state index contributed by atoms with van der Waals surface area (Å²) in [6.45, 7) is 9.08. The number of hydrogen-bond acceptors (Lipinski definition) is 5. The molecule has 158 valence electrons. The first-order valence-corrected chi connectivity index (χ1v) is 10.2. The molecule has 1 saturated carbocycles. The van der Waals surface area contributed by atoms with Gasteiger partial charge in [0.25, 0.3) is 0 Å². The van der Waals surface area contributed by atoms with Crippen molar-refractivity contribution in [3.05, 3.63) is 24.3 Å². The Kier molecular flexibility index (Phi) is 9.93. The molecule has 0 amide bonds. The smallest absolute Gasteiger partial charge is 0.191 e. The van der Waals surface area contributed by atoms with Gasteiger partial charge in [-0.15, -0.1) is 0 Å². The lowest BCUT2D eigenvalue weighted by molar-refractivity contribution is 0.144. The molecule has 1 aromatic carbocycles. The Balaban J connectivity index is 1.80. The highest BCUT2D eigenvalue weighted by Gasteiger charge is 2.28. The van der Waals surface area contributed by atoms with Gasteiger partial charge >= 0.3 is 0 Å². The van der Waals surface area contributed by atoms with Gasteiger partial charge in [0.15, 0.2) is 17.5 Å². The maximum absolute atomic E-state index is 5.98. The Morgan fingerprint density at radius 1 is 1.18 bits per heavy atom. The molecule has 1 aromatic rings. The van der Waals surface area contributed by atoms with E-state index < -0.39 is 0 Å². The lowest BCUT2D eigenvalue weighted by atomic mass is 10.3. The molecule has 0 spiro atoms. The van der Waals surface area contributed by atoms with Crippen LogP contribution < -0.4 is 20.1 Å². The quantitative estimate of drug-likeness (QED) is 0.396. The van der Waals surface area contributed by atoms with E-state index in [-0.39, 0.29) is 6.10 Å². The number of guanidine groups is 1. The normalized spacial score (nSPS) is 15.4. The SMILES string of the molecule is CCNC(=NCC(C)Oc1ccccc1OC)NCCN(CCOC)C1CC1. The highest BCUT2D eigenvalue weighted by atomic mass is 16.5. The average Bonchev–Trinajstić information content (AvgIpc) is 3.54. The van der Waals surface area contributed by atoms with Crippen LogP contribution in [0.5, 0.6) is 11.5 Å². The molecule has 2 N–H and O–H groups in total. The fourth-order valence-corrected chi connectivity index (χ4v) is 2.97. The van der Waals surface area contributed by atoms with Crippen molar-refractivity contribution in [1.82, 2.24) is 15.5 Å². The van der Waals surface area contributed by atoms with Gasteiger partial charge in [0, 0.05) is 39.3 Å². The van der Waals surface area contributed by atoms with Crippen LogP contribution in [0.25, 0.3) is 0 Å². The molecular formula is C21H36N4O3. The van der Waals surface area contributed by atoms with Crippen LogP contribution in [0.2, 0.25) is 0 Å². The summed E-state index contributed by atoms with van der Waals surface area (Å²) < 4.78 is 16.5. The Bertz CT molecular complexity index is 593. The van der Waals surface area contributed by atoms with E-state index in [1.54, 1.807) is 14.2 Å². The van der Waals surface area contributed by atoms with Gasteiger partial charge in [-0.05, 0) is 38.8 Å². The van der Waals surface area contributed by atoms with Crippen molar-refractivity contribution in [2.45, 2.75) is 38.8 Å². The summed E-state index contributed by atoms with van der Waals surface area (Å²) >= 11 is 0. The van der Waals surface area contributed by atoms with E-state index in [0.717, 1.165) is 56.3 Å². The minimum Gasteiger partial charge on any atom is -0.493 e. The van der Waals surface area contributed by atoms with Crippen molar-refractivity contribution in [1.29, 1.82) is 0 Å². The lowest BCUT2D eigenvalue weighted by Crippen LogP contribution is -2.43. The molecule has 0 aromatic heterocycles. The average molecular weight is 393 g/mol. The molecule has 1 atom stereocenters. The Morgan fingerprint density at radius 3 is 2.57 bits per heavy atom. The second kappa shape index (κ2) is 12.5. The minimum atomic E-state index is -0.0589. The third-order valence-corrected chi connectivity index (χ3v) is 4.59. The van der Waals surface area contributed by atoms with Crippen molar-refractivity contribution in [3.8, 4) is 11.5 Å². The molecule has 0 aliphatic heterocycles. The first kappa shape index (κ1) is 22.3. The molecule has 1 aliphatic carbocycles. The molecule has 0 saturated heterocycles. The van der Waals surface area contributed by atoms with Crippen LogP contribution in [0.1, 0.15) is 26.7 Å². The molecule has 1 unspecified atom stereocenters. The van der Waals surface area contributed by atoms with Crippen molar-refractivity contribution in [3.63, 3.8) is 0 Å². The number of nitrogens with zero attached hydrogens (tertiary/aromatic N) is 2. The molecule has 7 heteroatoms. The van der Waals surface area contributed by atoms with Crippen molar-refractivity contribution in [2.24, 2.45) is 4.99 Å². The van der Waals surface area contributed by atoms with E-state index in [0.29, 0.717) is 6.54 Å². The second-order valence-electron chi connectivity index (χ2n) is 6.99. The van der Waals surface area contributed by atoms with Gasteiger partial charge < -0.3 is 24.8 Å². The molecule has 2 rings (SSSR count). The summed E-state index contributed by atoms with van der Waals surface area (Å²) in [5, 5.41) is 6.73. The van der Waals surface area contributed by atoms with Crippen LogP contribution in [-0.2, 0) is 4.74 Å². The number of nitrogens with one attached hydrogen (secondary N) is 2. The molecule has 7 nitrogen and oxygen atoms in total. The van der Waals surface area contributed by atoms with E-state index in [9.17, 15) is 0 Å². The number of para-hydroxylation sites is 2. The number of aliphatic imine (C=N–C) groups is 1. The first-order chi connectivity index (χ1) is 13.7. The van der Waals surface area contributed by atoms with Gasteiger partial charge in [0.2, 0.25) is 0 Å². The van der Waals surface area contributed by atoms with Crippen LogP contribution >= 0.6 is 0 Å². The van der Waals surface area contributed by atoms with E-state index in [2.05, 4.69) is 27.4 Å². The number of rotatable bonds is 13. The zero-order valence-electron chi connectivity index (χ0n) is 17.7. The van der Waals surface area contributed by atoms with Crippen LogP contribution in [0.15, 0.2) is 29.3 Å². The predicted molar refractivity (Wildman–Crippen MR) is 114 cm³/mol. The minimum absolute atomic E-state index is 0.0589. The summed E-state index contributed by atoms with van der Waals surface area (Å²) in [5.41, 5.74) is 0. The standard InChI is InChI=1S/C21H36N4O3/c1-5-22-21(23-12-13-25(14-15-26-3)18-10-11-18)24-16-17(2)28-20-9-7-6-8-19(20)27-4/h6-9,17-18H,5,10-16H2,1-4H3,(H2,22,23,24). The summed E-state index contributed by atoms with van der Waals surface area (Å²) in [6.07, 6.45) is 2.54. The molecule has 28 heavy (non-hydrogen) atoms. The zero-order chi connectivity index (χ0) is 20.2. The van der Waals surface area contributed by atoms with Crippen molar-refractivity contribution in [2.75, 3.05) is 53.6 Å². The fourth-order valence-electron chi connectivity index (χ4n) is 2.97. The highest BCUT2D eigenvalue weighted by Crippen LogP contribution is 2.27. The summed E-state index contributed by atoms with van der Waals surface area (Å²) in [5.74, 6) is 2.30.